The van der Waals surface area contributed by atoms with Gasteiger partial charge in [-0.3, -0.25) is 4.79 Å². The van der Waals surface area contributed by atoms with Gasteiger partial charge in [0.05, 0.1) is 43.7 Å². The number of nitrogen functional groups attached to an aromatic ring is 1. The van der Waals surface area contributed by atoms with E-state index in [1.807, 2.05) is 6.92 Å². The molecule has 6 heteroatoms. The first-order valence-corrected chi connectivity index (χ1v) is 6.54. The maximum Gasteiger partial charge on any atom is 0.258 e. The molecule has 6 nitrogen and oxygen atoms in total. The molecular formula is C14H20N2O4. The first kappa shape index (κ1) is 14.6. The van der Waals surface area contributed by atoms with Crippen molar-refractivity contribution in [3.05, 3.63) is 23.8 Å². The highest BCUT2D eigenvalue weighted by atomic mass is 16.5. The molecule has 110 valence electrons. The Morgan fingerprint density at radius 2 is 2.35 bits per heavy atom. The topological polar surface area (TPSA) is 85.0 Å². The molecule has 1 aromatic carbocycles. The number of amides is 1. The molecule has 0 radical (unpaired) electrons. The van der Waals surface area contributed by atoms with Crippen LogP contribution in [0.25, 0.3) is 0 Å². The number of carbonyl (C=O) groups excluding carboxylic acids is 1. The molecule has 2 atom stereocenters. The van der Waals surface area contributed by atoms with Crippen LogP contribution in [-0.2, 0) is 4.74 Å². The van der Waals surface area contributed by atoms with Gasteiger partial charge in [-0.2, -0.15) is 0 Å². The Morgan fingerprint density at radius 1 is 1.60 bits per heavy atom. The smallest absolute Gasteiger partial charge is 0.258 e. The van der Waals surface area contributed by atoms with Gasteiger partial charge in [0.1, 0.15) is 0 Å². The van der Waals surface area contributed by atoms with E-state index in [9.17, 15) is 9.90 Å². The van der Waals surface area contributed by atoms with Crippen molar-refractivity contribution in [1.82, 2.24) is 4.90 Å². The van der Waals surface area contributed by atoms with Crippen molar-refractivity contribution in [3.63, 3.8) is 0 Å². The zero-order chi connectivity index (χ0) is 14.7. The number of rotatable bonds is 3. The van der Waals surface area contributed by atoms with Gasteiger partial charge in [-0.05, 0) is 19.1 Å². The minimum Gasteiger partial charge on any atom is -0.494 e. The lowest BCUT2D eigenvalue weighted by Crippen LogP contribution is -2.52. The van der Waals surface area contributed by atoms with E-state index >= 15 is 0 Å². The third kappa shape index (κ3) is 2.71. The zero-order valence-corrected chi connectivity index (χ0v) is 11.7. The second-order valence-electron chi connectivity index (χ2n) is 4.87. The number of hydrogen-bond acceptors (Lipinski definition) is 5. The Hall–Kier alpha value is -1.79. The van der Waals surface area contributed by atoms with E-state index in [0.717, 1.165) is 0 Å². The number of aliphatic hydroxyl groups excluding tert-OH is 1. The van der Waals surface area contributed by atoms with Crippen molar-refractivity contribution in [1.29, 1.82) is 0 Å². The third-order valence-electron chi connectivity index (χ3n) is 3.45. The number of ether oxygens (including phenoxy) is 2. The maximum absolute atomic E-state index is 12.7. The summed E-state index contributed by atoms with van der Waals surface area (Å²) < 4.78 is 10.7. The van der Waals surface area contributed by atoms with Gasteiger partial charge < -0.3 is 25.2 Å². The van der Waals surface area contributed by atoms with Gasteiger partial charge in [0.25, 0.3) is 5.91 Å². The third-order valence-corrected chi connectivity index (χ3v) is 3.45. The lowest BCUT2D eigenvalue weighted by atomic mass is 10.1. The molecule has 2 unspecified atom stereocenters. The predicted octanol–water partition coefficient (Wildman–Crippen LogP) is 0.499. The average molecular weight is 280 g/mol. The van der Waals surface area contributed by atoms with Crippen LogP contribution < -0.4 is 10.5 Å². The second-order valence-corrected chi connectivity index (χ2v) is 4.87. The van der Waals surface area contributed by atoms with Gasteiger partial charge in [-0.25, -0.2) is 0 Å². The summed E-state index contributed by atoms with van der Waals surface area (Å²) in [5.41, 5.74) is 6.68. The summed E-state index contributed by atoms with van der Waals surface area (Å²) in [6.07, 6.45) is -0.345. The Balaban J connectivity index is 2.28. The van der Waals surface area contributed by atoms with Gasteiger partial charge in [0.2, 0.25) is 0 Å². The van der Waals surface area contributed by atoms with Gasteiger partial charge in [0, 0.05) is 6.54 Å². The van der Waals surface area contributed by atoms with Crippen molar-refractivity contribution in [2.45, 2.75) is 19.1 Å². The number of morpholine rings is 1. The molecule has 0 spiro atoms. The number of nitrogens with zero attached hydrogens (tertiary/aromatic N) is 1. The first-order chi connectivity index (χ1) is 9.58. The normalized spacial score (nSPS) is 22.6. The summed E-state index contributed by atoms with van der Waals surface area (Å²) in [6.45, 7) is 2.56. The number of nitrogens with two attached hydrogens (primary N) is 1. The van der Waals surface area contributed by atoms with E-state index in [-0.39, 0.29) is 24.7 Å². The lowest BCUT2D eigenvalue weighted by Gasteiger charge is -2.37. The van der Waals surface area contributed by atoms with Crippen LogP contribution >= 0.6 is 0 Å². The summed E-state index contributed by atoms with van der Waals surface area (Å²) >= 11 is 0. The standard InChI is InChI=1S/C14H20N2O4/c1-9-8-20-10(7-17)6-16(9)14(18)11-4-3-5-12(15)13(11)19-2/h3-5,9-10,17H,6-8,15H2,1-2H3. The molecule has 0 aliphatic carbocycles. The van der Waals surface area contributed by atoms with Gasteiger partial charge >= 0.3 is 0 Å². The Bertz CT molecular complexity index is 492. The molecule has 1 fully saturated rings. The van der Waals surface area contributed by atoms with Crippen LogP contribution in [0.4, 0.5) is 5.69 Å². The number of aliphatic hydroxyl groups is 1. The van der Waals surface area contributed by atoms with Crippen molar-refractivity contribution in [2.75, 3.05) is 32.6 Å². The molecule has 1 aliphatic rings. The maximum atomic E-state index is 12.7. The zero-order valence-electron chi connectivity index (χ0n) is 11.7. The highest BCUT2D eigenvalue weighted by Gasteiger charge is 2.31. The van der Waals surface area contributed by atoms with Crippen LogP contribution in [0, 0.1) is 0 Å². The number of anilines is 1. The van der Waals surface area contributed by atoms with E-state index in [1.54, 1.807) is 23.1 Å². The molecular weight excluding hydrogens is 260 g/mol. The lowest BCUT2D eigenvalue weighted by molar-refractivity contribution is -0.0667. The van der Waals surface area contributed by atoms with Crippen molar-refractivity contribution < 1.29 is 19.4 Å². The Kier molecular flexibility index (Phi) is 4.46. The number of hydrogen-bond donors (Lipinski definition) is 2. The molecule has 0 bridgehead atoms. The van der Waals surface area contributed by atoms with Crippen molar-refractivity contribution >= 4 is 11.6 Å². The fourth-order valence-corrected chi connectivity index (χ4v) is 2.32. The van der Waals surface area contributed by atoms with E-state index in [1.165, 1.54) is 7.11 Å². The molecule has 20 heavy (non-hydrogen) atoms. The van der Waals surface area contributed by atoms with E-state index in [0.29, 0.717) is 30.2 Å². The highest BCUT2D eigenvalue weighted by Crippen LogP contribution is 2.28. The predicted molar refractivity (Wildman–Crippen MR) is 74.7 cm³/mol. The fourth-order valence-electron chi connectivity index (χ4n) is 2.32. The van der Waals surface area contributed by atoms with Crippen LogP contribution in [0.2, 0.25) is 0 Å². The van der Waals surface area contributed by atoms with Gasteiger partial charge in [0.15, 0.2) is 5.75 Å². The minimum absolute atomic E-state index is 0.0589. The van der Waals surface area contributed by atoms with Gasteiger partial charge in [-0.15, -0.1) is 0 Å². The van der Waals surface area contributed by atoms with Crippen LogP contribution in [0.15, 0.2) is 18.2 Å². The van der Waals surface area contributed by atoms with E-state index in [4.69, 9.17) is 15.2 Å². The summed E-state index contributed by atoms with van der Waals surface area (Å²) in [5, 5.41) is 9.18. The Morgan fingerprint density at radius 3 is 3.00 bits per heavy atom. The van der Waals surface area contributed by atoms with Crippen LogP contribution in [0.3, 0.4) is 0 Å². The molecule has 2 rings (SSSR count). The van der Waals surface area contributed by atoms with E-state index in [2.05, 4.69) is 0 Å². The van der Waals surface area contributed by atoms with Crippen LogP contribution in [0.5, 0.6) is 5.75 Å². The van der Waals surface area contributed by atoms with Gasteiger partial charge in [-0.1, -0.05) is 6.07 Å². The quantitative estimate of drug-likeness (QED) is 0.788. The molecule has 1 aliphatic heterocycles. The van der Waals surface area contributed by atoms with E-state index < -0.39 is 0 Å². The molecule has 0 aromatic heterocycles. The molecule has 1 amide bonds. The monoisotopic (exact) mass is 280 g/mol. The largest absolute Gasteiger partial charge is 0.494 e. The highest BCUT2D eigenvalue weighted by molar-refractivity contribution is 5.98. The average Bonchev–Trinajstić information content (AvgIpc) is 2.46. The molecule has 1 saturated heterocycles. The summed E-state index contributed by atoms with van der Waals surface area (Å²) in [6, 6.07) is 5.04. The second kappa shape index (κ2) is 6.11. The molecule has 1 heterocycles. The SMILES string of the molecule is COc1c(N)cccc1C(=O)N1CC(CO)OCC1C. The minimum atomic E-state index is -0.345. The van der Waals surface area contributed by atoms with Crippen molar-refractivity contribution in [2.24, 2.45) is 0 Å². The number of methoxy groups -OCH3 is 1. The fraction of sp³-hybridized carbons (Fsp3) is 0.500. The van der Waals surface area contributed by atoms with Crippen molar-refractivity contribution in [3.8, 4) is 5.75 Å². The van der Waals surface area contributed by atoms with Crippen LogP contribution in [0.1, 0.15) is 17.3 Å². The number of para-hydroxylation sites is 1. The molecule has 0 saturated carbocycles. The Labute approximate surface area is 118 Å². The molecule has 3 N–H and O–H groups in total. The summed E-state index contributed by atoms with van der Waals surface area (Å²) in [4.78, 5) is 14.3. The molecule has 1 aromatic rings. The van der Waals surface area contributed by atoms with Crippen LogP contribution in [-0.4, -0.2) is 54.9 Å². The number of carbonyl (C=O) groups is 1. The summed E-state index contributed by atoms with van der Waals surface area (Å²) in [5.74, 6) is 0.222. The first-order valence-electron chi connectivity index (χ1n) is 6.54. The summed E-state index contributed by atoms with van der Waals surface area (Å²) in [7, 11) is 1.49. The number of benzene rings is 1.